The maximum atomic E-state index is 5.86. The van der Waals surface area contributed by atoms with Crippen LogP contribution >= 0.6 is 11.6 Å². The fraction of sp³-hybridized carbons (Fsp3) is 0.0909. The molecule has 1 aliphatic rings. The minimum Gasteiger partial charge on any atom is -0.343 e. The highest BCUT2D eigenvalue weighted by Gasteiger charge is 2.10. The van der Waals surface area contributed by atoms with Crippen molar-refractivity contribution >= 4 is 28.5 Å². The highest BCUT2D eigenvalue weighted by molar-refractivity contribution is 6.28. The molecule has 0 saturated carbocycles. The fourth-order valence-corrected chi connectivity index (χ4v) is 1.79. The Bertz CT molecular complexity index is 624. The molecule has 0 unspecified atom stereocenters. The number of aryl methyl sites for hydroxylation is 1. The Morgan fingerprint density at radius 2 is 2.19 bits per heavy atom. The Balaban J connectivity index is 2.13. The molecular formula is C11H9ClN4. The van der Waals surface area contributed by atoms with E-state index in [-0.39, 0.29) is 5.28 Å². The minimum atomic E-state index is 0.237. The van der Waals surface area contributed by atoms with Crippen LogP contribution in [0.1, 0.15) is 5.69 Å². The van der Waals surface area contributed by atoms with E-state index in [2.05, 4.69) is 20.3 Å². The van der Waals surface area contributed by atoms with Crippen LogP contribution in [0.25, 0.3) is 11.0 Å². The van der Waals surface area contributed by atoms with Crippen LogP contribution in [0.5, 0.6) is 0 Å². The molecule has 2 heterocycles. The summed E-state index contributed by atoms with van der Waals surface area (Å²) in [4.78, 5) is 11.5. The number of rotatable bonds is 2. The van der Waals surface area contributed by atoms with Crippen LogP contribution in [-0.2, 0) is 0 Å². The van der Waals surface area contributed by atoms with Crippen molar-refractivity contribution in [3.8, 4) is 0 Å². The first-order chi connectivity index (χ1) is 7.72. The third kappa shape index (κ3) is 1.47. The number of hydrogen-bond donors (Lipinski definition) is 2. The third-order valence-electron chi connectivity index (χ3n) is 2.41. The topological polar surface area (TPSA) is 53.6 Å². The van der Waals surface area contributed by atoms with Gasteiger partial charge < -0.3 is 10.3 Å². The Morgan fingerprint density at radius 1 is 1.38 bits per heavy atom. The van der Waals surface area contributed by atoms with Crippen molar-refractivity contribution in [1.82, 2.24) is 15.0 Å². The lowest BCUT2D eigenvalue weighted by atomic mass is 10.2. The molecule has 0 atom stereocenters. The molecule has 0 aromatic carbocycles. The Morgan fingerprint density at radius 3 is 2.88 bits per heavy atom. The van der Waals surface area contributed by atoms with Gasteiger partial charge in [-0.1, -0.05) is 6.08 Å². The summed E-state index contributed by atoms with van der Waals surface area (Å²) in [6.07, 6.45) is 5.91. The number of halogens is 1. The van der Waals surface area contributed by atoms with Gasteiger partial charge in [0.15, 0.2) is 0 Å². The Hall–Kier alpha value is -1.81. The number of aromatic amines is 1. The van der Waals surface area contributed by atoms with Crippen molar-refractivity contribution in [1.29, 1.82) is 0 Å². The van der Waals surface area contributed by atoms with E-state index in [0.717, 1.165) is 28.2 Å². The van der Waals surface area contributed by atoms with Crippen LogP contribution in [0.15, 0.2) is 30.0 Å². The lowest BCUT2D eigenvalue weighted by molar-refractivity contribution is 1.18. The summed E-state index contributed by atoms with van der Waals surface area (Å²) in [7, 11) is 0. The number of fused-ring (bicyclic) bond motifs is 1. The van der Waals surface area contributed by atoms with Crippen molar-refractivity contribution in [2.24, 2.45) is 0 Å². The van der Waals surface area contributed by atoms with Crippen LogP contribution in [0.4, 0.5) is 5.82 Å². The molecule has 16 heavy (non-hydrogen) atoms. The molecule has 2 aromatic heterocycles. The Kier molecular flexibility index (Phi) is 1.97. The highest BCUT2D eigenvalue weighted by atomic mass is 35.5. The van der Waals surface area contributed by atoms with Crippen LogP contribution in [-0.4, -0.2) is 15.0 Å². The zero-order chi connectivity index (χ0) is 11.1. The normalized spacial score (nSPS) is 13.8. The molecule has 5 heteroatoms. The van der Waals surface area contributed by atoms with E-state index in [1.807, 2.05) is 31.2 Å². The fourth-order valence-electron chi connectivity index (χ4n) is 1.62. The average molecular weight is 233 g/mol. The summed E-state index contributed by atoms with van der Waals surface area (Å²) >= 11 is 5.86. The first-order valence-electron chi connectivity index (χ1n) is 4.90. The van der Waals surface area contributed by atoms with Gasteiger partial charge in [-0.2, -0.15) is 9.97 Å². The second kappa shape index (κ2) is 3.35. The maximum Gasteiger partial charge on any atom is 0.226 e. The van der Waals surface area contributed by atoms with E-state index in [4.69, 9.17) is 11.6 Å². The SMILES string of the molecule is Cc1cc2c(NC3=CC=C3)nc(Cl)nc2[nH]1. The molecule has 3 rings (SSSR count). The average Bonchev–Trinajstić information content (AvgIpc) is 2.51. The predicted molar refractivity (Wildman–Crippen MR) is 64.5 cm³/mol. The van der Waals surface area contributed by atoms with E-state index < -0.39 is 0 Å². The molecule has 0 radical (unpaired) electrons. The van der Waals surface area contributed by atoms with Crippen molar-refractivity contribution in [2.75, 3.05) is 5.32 Å². The molecule has 0 amide bonds. The lowest BCUT2D eigenvalue weighted by Crippen LogP contribution is -2.03. The summed E-state index contributed by atoms with van der Waals surface area (Å²) in [5, 5.41) is 4.38. The second-order valence-electron chi connectivity index (χ2n) is 3.66. The molecule has 2 N–H and O–H groups in total. The maximum absolute atomic E-state index is 5.86. The highest BCUT2D eigenvalue weighted by Crippen LogP contribution is 2.25. The Labute approximate surface area is 97.1 Å². The van der Waals surface area contributed by atoms with Gasteiger partial charge in [0.25, 0.3) is 0 Å². The smallest absolute Gasteiger partial charge is 0.226 e. The summed E-state index contributed by atoms with van der Waals surface area (Å²) in [6.45, 7) is 1.97. The van der Waals surface area contributed by atoms with Gasteiger partial charge in [-0.3, -0.25) is 0 Å². The van der Waals surface area contributed by atoms with E-state index in [1.165, 1.54) is 0 Å². The molecule has 0 saturated heterocycles. The number of allylic oxidation sites excluding steroid dienone is 3. The number of nitrogens with zero attached hydrogens (tertiary/aromatic N) is 2. The summed E-state index contributed by atoms with van der Waals surface area (Å²) in [6, 6.07) is 2.00. The molecule has 1 aliphatic carbocycles. The molecular weight excluding hydrogens is 224 g/mol. The second-order valence-corrected chi connectivity index (χ2v) is 4.00. The first kappa shape index (κ1) is 9.42. The van der Waals surface area contributed by atoms with Gasteiger partial charge in [0.05, 0.1) is 5.39 Å². The van der Waals surface area contributed by atoms with Gasteiger partial charge >= 0.3 is 0 Å². The minimum absolute atomic E-state index is 0.237. The molecule has 0 fully saturated rings. The third-order valence-corrected chi connectivity index (χ3v) is 2.58. The summed E-state index contributed by atoms with van der Waals surface area (Å²) in [5.41, 5.74) is 2.81. The number of hydrogen-bond acceptors (Lipinski definition) is 3. The number of H-pyrrole nitrogens is 1. The van der Waals surface area contributed by atoms with E-state index in [0.29, 0.717) is 0 Å². The van der Waals surface area contributed by atoms with Crippen LogP contribution in [0.3, 0.4) is 0 Å². The summed E-state index contributed by atoms with van der Waals surface area (Å²) in [5.74, 6) is 0.731. The number of anilines is 1. The van der Waals surface area contributed by atoms with Gasteiger partial charge in [-0.05, 0) is 36.7 Å². The van der Waals surface area contributed by atoms with E-state index >= 15 is 0 Å². The predicted octanol–water partition coefficient (Wildman–Crippen LogP) is 2.79. The zero-order valence-electron chi connectivity index (χ0n) is 8.58. The van der Waals surface area contributed by atoms with Gasteiger partial charge in [0.1, 0.15) is 11.5 Å². The van der Waals surface area contributed by atoms with Gasteiger partial charge in [0.2, 0.25) is 5.28 Å². The monoisotopic (exact) mass is 232 g/mol. The number of aromatic nitrogens is 3. The van der Waals surface area contributed by atoms with Crippen LogP contribution in [0, 0.1) is 6.92 Å². The molecule has 0 spiro atoms. The molecule has 0 bridgehead atoms. The van der Waals surface area contributed by atoms with Gasteiger partial charge in [-0.25, -0.2) is 0 Å². The summed E-state index contributed by atoms with van der Waals surface area (Å²) < 4.78 is 0. The standard InChI is InChI=1S/C11H9ClN4/c1-6-5-8-9(13-6)15-11(12)16-10(8)14-7-3-2-4-7/h2-5H,1H3,(H2,13,14,15,16). The van der Waals surface area contributed by atoms with Crippen molar-refractivity contribution < 1.29 is 0 Å². The van der Waals surface area contributed by atoms with Gasteiger partial charge in [0, 0.05) is 11.4 Å². The van der Waals surface area contributed by atoms with Crippen LogP contribution < -0.4 is 5.32 Å². The van der Waals surface area contributed by atoms with Crippen molar-refractivity contribution in [3.05, 3.63) is 41.0 Å². The number of nitrogens with one attached hydrogen (secondary N) is 2. The van der Waals surface area contributed by atoms with Crippen molar-refractivity contribution in [3.63, 3.8) is 0 Å². The van der Waals surface area contributed by atoms with Gasteiger partial charge in [-0.15, -0.1) is 0 Å². The van der Waals surface area contributed by atoms with E-state index in [9.17, 15) is 0 Å². The zero-order valence-corrected chi connectivity index (χ0v) is 9.34. The molecule has 4 nitrogen and oxygen atoms in total. The molecule has 0 aliphatic heterocycles. The molecule has 2 aromatic rings. The first-order valence-corrected chi connectivity index (χ1v) is 5.28. The van der Waals surface area contributed by atoms with E-state index in [1.54, 1.807) is 0 Å². The quantitative estimate of drug-likeness (QED) is 0.783. The lowest BCUT2D eigenvalue weighted by Gasteiger charge is -2.10. The largest absolute Gasteiger partial charge is 0.343 e. The molecule has 80 valence electrons. The van der Waals surface area contributed by atoms with Crippen LogP contribution in [0.2, 0.25) is 5.28 Å². The van der Waals surface area contributed by atoms with Crippen molar-refractivity contribution in [2.45, 2.75) is 6.92 Å².